The molecule has 2 aromatic carbocycles. The van der Waals surface area contributed by atoms with Gasteiger partial charge in [0.2, 0.25) is 0 Å². The van der Waals surface area contributed by atoms with Crippen LogP contribution in [0.3, 0.4) is 0 Å². The van der Waals surface area contributed by atoms with Crippen molar-refractivity contribution in [3.05, 3.63) is 62.2 Å². The van der Waals surface area contributed by atoms with E-state index in [-0.39, 0.29) is 11.8 Å². The van der Waals surface area contributed by atoms with Crippen molar-refractivity contribution in [1.29, 1.82) is 0 Å². The summed E-state index contributed by atoms with van der Waals surface area (Å²) in [5.74, 6) is 0.585. The normalized spacial score (nSPS) is 10.4. The van der Waals surface area contributed by atoms with Crippen molar-refractivity contribution in [2.24, 2.45) is 0 Å². The molecule has 1 heterocycles. The first-order valence-electron chi connectivity index (χ1n) is 9.71. The number of fused-ring (bicyclic) bond motifs is 1. The zero-order chi connectivity index (χ0) is 21.6. The lowest BCUT2D eigenvalue weighted by Crippen LogP contribution is -2.09. The first kappa shape index (κ1) is 23.4. The summed E-state index contributed by atoms with van der Waals surface area (Å²) in [6, 6.07) is 10.8. The number of ether oxygens (including phenoxy) is 1. The molecule has 3 aromatic rings. The van der Waals surface area contributed by atoms with Gasteiger partial charge in [-0.05, 0) is 56.5 Å². The van der Waals surface area contributed by atoms with Gasteiger partial charge in [0.05, 0.1) is 14.5 Å². The third-order valence-corrected chi connectivity index (χ3v) is 5.33. The van der Waals surface area contributed by atoms with E-state index < -0.39 is 0 Å². The summed E-state index contributed by atoms with van der Waals surface area (Å²) in [5, 5.41) is 0.796. The molecule has 0 aliphatic rings. The Hall–Kier alpha value is -1.92. The molecule has 0 radical (unpaired) electrons. The van der Waals surface area contributed by atoms with Crippen molar-refractivity contribution in [3.63, 3.8) is 0 Å². The van der Waals surface area contributed by atoms with Crippen LogP contribution in [-0.2, 0) is 11.2 Å². The Morgan fingerprint density at radius 2 is 1.66 bits per heavy atom. The zero-order valence-corrected chi connectivity index (χ0v) is 20.1. The van der Waals surface area contributed by atoms with Gasteiger partial charge in [-0.25, -0.2) is 0 Å². The van der Waals surface area contributed by atoms with Crippen LogP contribution >= 0.6 is 31.9 Å². The number of para-hydroxylation sites is 1. The van der Waals surface area contributed by atoms with E-state index in [4.69, 9.17) is 9.15 Å². The van der Waals surface area contributed by atoms with Crippen LogP contribution in [0, 0.1) is 0 Å². The number of rotatable bonds is 6. The van der Waals surface area contributed by atoms with E-state index in [1.165, 1.54) is 0 Å². The van der Waals surface area contributed by atoms with E-state index in [1.807, 2.05) is 52.0 Å². The average Bonchev–Trinajstić information content (AvgIpc) is 3.10. The van der Waals surface area contributed by atoms with Crippen molar-refractivity contribution in [1.82, 2.24) is 0 Å². The molecule has 0 bridgehead atoms. The lowest BCUT2D eigenvalue weighted by atomic mass is 9.99. The molecule has 0 amide bonds. The quantitative estimate of drug-likeness (QED) is 0.191. The summed E-state index contributed by atoms with van der Waals surface area (Å²) in [6.07, 6.45) is 1.66. The predicted octanol–water partition coefficient (Wildman–Crippen LogP) is 7.48. The van der Waals surface area contributed by atoms with Gasteiger partial charge in [0.1, 0.15) is 11.3 Å². The predicted molar refractivity (Wildman–Crippen MR) is 123 cm³/mol. The molecule has 29 heavy (non-hydrogen) atoms. The number of halogens is 2. The van der Waals surface area contributed by atoms with Crippen LogP contribution in [0.1, 0.15) is 62.2 Å². The molecule has 1 aromatic heterocycles. The largest absolute Gasteiger partial charge is 0.460 e. The second kappa shape index (κ2) is 10.7. The Balaban J connectivity index is 0.00000145. The molecule has 0 atom stereocenters. The van der Waals surface area contributed by atoms with Crippen LogP contribution in [0.2, 0.25) is 0 Å². The number of carbonyl (C=O) groups is 2. The molecule has 0 N–H and O–H groups in total. The second-order valence-electron chi connectivity index (χ2n) is 6.07. The molecule has 6 heteroatoms. The van der Waals surface area contributed by atoms with Crippen LogP contribution in [0.4, 0.5) is 0 Å². The summed E-state index contributed by atoms with van der Waals surface area (Å²) >= 11 is 6.82. The summed E-state index contributed by atoms with van der Waals surface area (Å²) in [6.45, 7) is 7.87. The summed E-state index contributed by atoms with van der Waals surface area (Å²) in [4.78, 5) is 25.0. The van der Waals surface area contributed by atoms with E-state index in [9.17, 15) is 9.59 Å². The monoisotopic (exact) mass is 522 g/mol. The summed E-state index contributed by atoms with van der Waals surface area (Å²) < 4.78 is 12.3. The Morgan fingerprint density at radius 3 is 2.24 bits per heavy atom. The molecule has 0 aliphatic carbocycles. The van der Waals surface area contributed by atoms with E-state index in [2.05, 4.69) is 31.9 Å². The second-order valence-corrected chi connectivity index (χ2v) is 7.78. The summed E-state index contributed by atoms with van der Waals surface area (Å²) in [7, 11) is 0. The van der Waals surface area contributed by atoms with Crippen molar-refractivity contribution < 1.29 is 18.7 Å². The highest BCUT2D eigenvalue weighted by atomic mass is 79.9. The number of esters is 1. The number of furan rings is 1. The number of hydrogen-bond acceptors (Lipinski definition) is 4. The molecule has 154 valence electrons. The van der Waals surface area contributed by atoms with Gasteiger partial charge in [-0.3, -0.25) is 9.59 Å². The Morgan fingerprint density at radius 1 is 1.03 bits per heavy atom. The van der Waals surface area contributed by atoms with Gasteiger partial charge in [-0.2, -0.15) is 0 Å². The Kier molecular flexibility index (Phi) is 8.65. The summed E-state index contributed by atoms with van der Waals surface area (Å²) in [5.41, 5.74) is 1.74. The van der Waals surface area contributed by atoms with E-state index in [0.29, 0.717) is 56.4 Å². The van der Waals surface area contributed by atoms with Gasteiger partial charge in [0.15, 0.2) is 11.5 Å². The van der Waals surface area contributed by atoms with Crippen LogP contribution in [0.5, 0.6) is 5.75 Å². The molecule has 0 aliphatic heterocycles. The topological polar surface area (TPSA) is 56.5 Å². The van der Waals surface area contributed by atoms with Crippen LogP contribution < -0.4 is 4.74 Å². The molecule has 0 unspecified atom stereocenters. The lowest BCUT2D eigenvalue weighted by Gasteiger charge is -2.10. The van der Waals surface area contributed by atoms with E-state index in [0.717, 1.165) is 5.39 Å². The van der Waals surface area contributed by atoms with Gasteiger partial charge >= 0.3 is 5.97 Å². The fourth-order valence-electron chi connectivity index (χ4n) is 2.90. The maximum absolute atomic E-state index is 13.2. The minimum atomic E-state index is -0.313. The standard InChI is InChI=1S/C21H18Br2O4.C2H6/c1-3-7-18(24)27-21-14(22)10-12(11-15(21)23)20(25)19-13-8-5-6-9-17(13)26-16(19)4-2;1-2/h5-6,8-11H,3-4,7H2,1-2H3;1-2H3. The van der Waals surface area contributed by atoms with Crippen molar-refractivity contribution in [2.75, 3.05) is 0 Å². The number of ketones is 1. The molecular formula is C23H24Br2O4. The number of hydrogen-bond donors (Lipinski definition) is 0. The number of aryl methyl sites for hydroxylation is 1. The minimum absolute atomic E-state index is 0.135. The SMILES string of the molecule is CC.CCCC(=O)Oc1c(Br)cc(C(=O)c2c(CC)oc3ccccc23)cc1Br. The van der Waals surface area contributed by atoms with Crippen LogP contribution in [-0.4, -0.2) is 11.8 Å². The van der Waals surface area contributed by atoms with Crippen molar-refractivity contribution in [3.8, 4) is 5.75 Å². The number of benzene rings is 2. The van der Waals surface area contributed by atoms with Crippen LogP contribution in [0.25, 0.3) is 11.0 Å². The van der Waals surface area contributed by atoms with E-state index >= 15 is 0 Å². The first-order valence-corrected chi connectivity index (χ1v) is 11.3. The molecule has 0 spiro atoms. The van der Waals surface area contributed by atoms with Crippen molar-refractivity contribution in [2.45, 2.75) is 47.0 Å². The minimum Gasteiger partial charge on any atom is -0.460 e. The van der Waals surface area contributed by atoms with Gasteiger partial charge in [-0.15, -0.1) is 0 Å². The highest BCUT2D eigenvalue weighted by Crippen LogP contribution is 2.37. The Bertz CT molecular complexity index is 998. The third-order valence-electron chi connectivity index (χ3n) is 4.15. The van der Waals surface area contributed by atoms with Gasteiger partial charge in [-0.1, -0.05) is 45.9 Å². The molecule has 0 saturated carbocycles. The highest BCUT2D eigenvalue weighted by Gasteiger charge is 2.23. The molecular weight excluding hydrogens is 500 g/mol. The van der Waals surface area contributed by atoms with Gasteiger partial charge in [0.25, 0.3) is 0 Å². The first-order chi connectivity index (χ1) is 14.0. The maximum atomic E-state index is 13.2. The molecule has 4 nitrogen and oxygen atoms in total. The lowest BCUT2D eigenvalue weighted by molar-refractivity contribution is -0.134. The van der Waals surface area contributed by atoms with E-state index in [1.54, 1.807) is 12.1 Å². The Labute approximate surface area is 187 Å². The highest BCUT2D eigenvalue weighted by molar-refractivity contribution is 9.11. The molecule has 3 rings (SSSR count). The van der Waals surface area contributed by atoms with Gasteiger partial charge < -0.3 is 9.15 Å². The fourth-order valence-corrected chi connectivity index (χ4v) is 4.24. The smallest absolute Gasteiger partial charge is 0.311 e. The molecule has 0 fully saturated rings. The maximum Gasteiger partial charge on any atom is 0.311 e. The number of carbonyl (C=O) groups excluding carboxylic acids is 2. The third kappa shape index (κ3) is 5.17. The zero-order valence-electron chi connectivity index (χ0n) is 17.0. The fraction of sp³-hybridized carbons (Fsp3) is 0.304. The molecule has 0 saturated heterocycles. The average molecular weight is 524 g/mol. The van der Waals surface area contributed by atoms with Crippen LogP contribution in [0.15, 0.2) is 49.8 Å². The van der Waals surface area contributed by atoms with Gasteiger partial charge in [0, 0.05) is 23.8 Å². The van der Waals surface area contributed by atoms with Crippen molar-refractivity contribution >= 4 is 54.6 Å².